The Balaban J connectivity index is 0.000000122. The predicted molar refractivity (Wildman–Crippen MR) is 413 cm³/mol. The Hall–Kier alpha value is -19.5. The molecule has 3 aliphatic heterocycles. The van der Waals surface area contributed by atoms with E-state index in [1.165, 1.54) is 94.8 Å². The Morgan fingerprint density at radius 1 is 0.405 bits per heavy atom. The van der Waals surface area contributed by atoms with Gasteiger partial charge >= 0.3 is 11.5 Å². The number of nitrogens with two attached hydrogens (primary N) is 7. The van der Waals surface area contributed by atoms with Gasteiger partial charge in [-0.2, -0.15) is 48.1 Å². The number of aromatic nitrogens is 38. The third-order valence-electron chi connectivity index (χ3n) is 15.7. The van der Waals surface area contributed by atoms with Gasteiger partial charge in [-0.3, -0.25) is 36.4 Å². The van der Waals surface area contributed by atoms with Gasteiger partial charge in [-0.1, -0.05) is 0 Å². The number of hydrogen-bond acceptors (Lipinski definition) is 47. The molecule has 19 aromatic rings. The van der Waals surface area contributed by atoms with E-state index in [0.29, 0.717) is 163 Å². The number of aryl methyl sites for hydroxylation is 1. The summed E-state index contributed by atoms with van der Waals surface area (Å²) in [6.45, 7) is 1.85. The molecule has 0 bridgehead atoms. The number of nitrogens with zero attached hydrogens (tertiary/aromatic N) is 34. The van der Waals surface area contributed by atoms with Crippen molar-refractivity contribution in [2.45, 2.75) is 26.2 Å². The van der Waals surface area contributed by atoms with Crippen LogP contribution in [-0.2, 0) is 19.3 Å². The molecule has 62 nitrogen and oxygen atoms in total. The van der Waals surface area contributed by atoms with E-state index in [9.17, 15) is 14.8 Å². The summed E-state index contributed by atoms with van der Waals surface area (Å²) in [5.74, 6) is 4.01. The third kappa shape index (κ3) is 18.3. The number of nitrogen functional groups attached to an aromatic ring is 7. The highest BCUT2D eigenvalue weighted by atomic mass is 16.5. The monoisotopic (exact) mass is 1660 g/mol. The predicted octanol–water partition coefficient (Wildman–Crippen LogP) is -3.87. The van der Waals surface area contributed by atoms with Crippen molar-refractivity contribution in [3.8, 4) is 0 Å². The lowest BCUT2D eigenvalue weighted by Gasteiger charge is -2.00. The van der Waals surface area contributed by atoms with Crippen LogP contribution in [0.4, 0.5) is 58.3 Å². The molecule has 0 amide bonds. The number of anilines is 7. The summed E-state index contributed by atoms with van der Waals surface area (Å²) in [4.78, 5) is 138. The Bertz CT molecular complexity index is 7360. The molecule has 0 radical (unpaired) electrons. The molecule has 0 fully saturated rings. The van der Waals surface area contributed by atoms with Crippen LogP contribution in [0.15, 0.2) is 121 Å². The molecule has 32 N–H and O–H groups in total. The van der Waals surface area contributed by atoms with Gasteiger partial charge in [-0.25, -0.2) is 119 Å². The van der Waals surface area contributed by atoms with Crippen molar-refractivity contribution in [3.63, 3.8) is 0 Å². The number of aromatic amines is 7. The fourth-order valence-corrected chi connectivity index (χ4v) is 10.1. The molecule has 616 valence electrons. The van der Waals surface area contributed by atoms with E-state index in [2.05, 4.69) is 164 Å². The van der Waals surface area contributed by atoms with E-state index in [-0.39, 0.29) is 56.7 Å². The number of H-pyrrole nitrogens is 7. The summed E-state index contributed by atoms with van der Waals surface area (Å²) in [5, 5.41) is 104. The SMILES string of the molecule is Cc1nc2ncnc(N)c2[nH]1.N=c1c2[nH]cnc2ncn1O.N=c1c2c(ncn1O)N=CC2.N=c1ncn(O)c2c1CC=N2.N=c1ncn(O)c2nc[nH]c12.Nc1[nH]c(=O)nc2nc[nH]c12.Nc1nc2nc[nH]c2c(=O)[nH]1.Nc1ncnc2c1CC=[N+]2[O-].Nc1ncnc2c1ncn2O.Nc1ncnc2ncn(O)c12.Nc1ncnc2ncn(O)c12. The molecule has 0 atom stereocenters. The normalized spacial score (nSPS) is 11.4. The number of fused-ring (bicyclic) bond motifs is 11. The first-order valence-electron chi connectivity index (χ1n) is 33.2. The first kappa shape index (κ1) is 81.0. The second-order valence-electron chi connectivity index (χ2n) is 23.3. The molecule has 0 saturated heterocycles. The van der Waals surface area contributed by atoms with Gasteiger partial charge in [0.1, 0.15) is 109 Å². The summed E-state index contributed by atoms with van der Waals surface area (Å²) in [6, 6.07) is 0. The van der Waals surface area contributed by atoms with Crippen LogP contribution < -0.4 is 73.3 Å². The Morgan fingerprint density at radius 3 is 1.58 bits per heavy atom. The molecule has 19 aromatic heterocycles. The maximum atomic E-state index is 11.0. The smallest absolute Gasteiger partial charge is 0.348 e. The minimum Gasteiger partial charge on any atom is -0.711 e. The van der Waals surface area contributed by atoms with Crippen molar-refractivity contribution >= 4 is 166 Å². The summed E-state index contributed by atoms with van der Waals surface area (Å²) < 4.78 is 6.02. The molecule has 3 aliphatic rings. The van der Waals surface area contributed by atoms with Gasteiger partial charge in [0.05, 0.1) is 37.1 Å². The zero-order valence-electron chi connectivity index (χ0n) is 61.2. The van der Waals surface area contributed by atoms with Crippen LogP contribution >= 0.6 is 0 Å². The van der Waals surface area contributed by atoms with Crippen molar-refractivity contribution in [2.24, 2.45) is 9.98 Å². The quantitative estimate of drug-likeness (QED) is 0.0392. The summed E-state index contributed by atoms with van der Waals surface area (Å²) in [6.07, 6.45) is 27.0. The Labute approximate surface area is 662 Å². The highest BCUT2D eigenvalue weighted by Gasteiger charge is 2.21. The average Bonchev–Trinajstić information content (AvgIpc) is 1.67. The maximum Gasteiger partial charge on any atom is 0.348 e. The minimum atomic E-state index is -0.484. The van der Waals surface area contributed by atoms with Crippen molar-refractivity contribution in [1.29, 1.82) is 21.6 Å². The van der Waals surface area contributed by atoms with E-state index in [1.807, 2.05) is 6.92 Å². The number of hydrogen-bond donors (Lipinski definition) is 25. The van der Waals surface area contributed by atoms with E-state index in [1.54, 1.807) is 12.4 Å². The fraction of sp³-hybridized carbons (Fsp3) is 0.0678. The molecule has 0 aromatic carbocycles. The van der Waals surface area contributed by atoms with Gasteiger partial charge in [-0.15, -0.1) is 0 Å². The second-order valence-corrected chi connectivity index (χ2v) is 23.3. The van der Waals surface area contributed by atoms with E-state index in [4.69, 9.17) is 98.2 Å². The van der Waals surface area contributed by atoms with Gasteiger partial charge in [0.25, 0.3) is 5.56 Å². The first-order valence-corrected chi connectivity index (χ1v) is 33.2. The van der Waals surface area contributed by atoms with Crippen LogP contribution in [0.5, 0.6) is 0 Å². The molecule has 0 aliphatic carbocycles. The maximum absolute atomic E-state index is 11.0. The number of imidazole rings is 8. The van der Waals surface area contributed by atoms with E-state index >= 15 is 0 Å². The molecule has 0 saturated carbocycles. The van der Waals surface area contributed by atoms with Crippen LogP contribution in [0.2, 0.25) is 0 Å². The molecule has 22 rings (SSSR count). The molecule has 0 unspecified atom stereocenters. The largest absolute Gasteiger partial charge is 0.711 e. The Kier molecular flexibility index (Phi) is 23.7. The van der Waals surface area contributed by atoms with Gasteiger partial charge in [-0.05, 0) is 11.9 Å². The summed E-state index contributed by atoms with van der Waals surface area (Å²) in [7, 11) is 0. The number of aliphatic imine (C=N–C) groups is 2. The lowest BCUT2D eigenvalue weighted by molar-refractivity contribution is -0.356. The van der Waals surface area contributed by atoms with Crippen molar-refractivity contribution in [2.75, 3.05) is 40.1 Å². The number of rotatable bonds is 0. The van der Waals surface area contributed by atoms with Crippen molar-refractivity contribution in [3.05, 3.63) is 172 Å². The van der Waals surface area contributed by atoms with Gasteiger partial charge in [0, 0.05) is 42.8 Å². The third-order valence-corrected chi connectivity index (χ3v) is 15.7. The van der Waals surface area contributed by atoms with Crippen LogP contribution in [0, 0.1) is 33.8 Å². The van der Waals surface area contributed by atoms with Crippen molar-refractivity contribution < 1.29 is 41.2 Å². The molecular formula is C59H60N52O10. The number of nitrogens with one attached hydrogen (secondary N) is 11. The second kappa shape index (κ2) is 35.4. The average molecular weight is 1660 g/mol. The van der Waals surface area contributed by atoms with Gasteiger partial charge in [0.15, 0.2) is 118 Å². The summed E-state index contributed by atoms with van der Waals surface area (Å²) >= 11 is 0. The molecular weight excluding hydrogens is 1600 g/mol. The van der Waals surface area contributed by atoms with Gasteiger partial charge in [0.2, 0.25) is 17.9 Å². The fourth-order valence-electron chi connectivity index (χ4n) is 10.1. The van der Waals surface area contributed by atoms with Crippen LogP contribution in [0.1, 0.15) is 22.5 Å². The minimum absolute atomic E-state index is 0.0486. The van der Waals surface area contributed by atoms with Crippen LogP contribution in [0.25, 0.3) is 89.3 Å². The first-order chi connectivity index (χ1) is 58.1. The van der Waals surface area contributed by atoms with Gasteiger partial charge < -0.3 is 107 Å². The zero-order valence-corrected chi connectivity index (χ0v) is 61.2. The summed E-state index contributed by atoms with van der Waals surface area (Å²) in [5.41, 5.74) is 46.3. The lowest BCUT2D eigenvalue weighted by Crippen LogP contribution is -2.21. The topological polar surface area (TPSA) is 958 Å². The lowest BCUT2D eigenvalue weighted by atomic mass is 10.2. The van der Waals surface area contributed by atoms with Crippen LogP contribution in [0.3, 0.4) is 0 Å². The molecule has 121 heavy (non-hydrogen) atoms. The molecule has 0 spiro atoms. The van der Waals surface area contributed by atoms with Crippen molar-refractivity contribution in [1.82, 2.24) is 188 Å². The molecule has 62 heteroatoms. The molecule has 22 heterocycles. The highest BCUT2D eigenvalue weighted by Crippen LogP contribution is 2.24. The van der Waals surface area contributed by atoms with E-state index in [0.717, 1.165) is 47.7 Å². The standard InChI is InChI=1S/C6H7N5.3C6H6N4O.7C5H5N5O/c1-3-10-4-5(7)8-2-9-6(4)11-3;7-5-4-1-2-10(11)6(4)9-3-8-5;7-5-4-1-2-8-6(4)9-3-10(5)11;7-5-4-1-2-8-6(4)10(11)3-9-5;2*6-4-3-5(8-1-7-4)9-2-10(3)11;6-4-3-5(8-1-7-4)10(11)2-9-3;6-4-3-5(8-1-7-3)9-2-10(4)11;6-4-3-5(8-1-7-3)10(11)2-9-4;6-5-9-3-2(4(11)10-5)7-1-8-3;6-3-2-4(8-1-7-2)10-5(11)9-3/h2H,1H3,(H3,7,8,9,10,11);2-3H,1H2,(H2,7,8,9);2*2-3,7,11H,1H2;3*1-2,11H,(H2,6,7,8);2*1-2,6,11H,(H,7,8);2*1H,(H4,6,7,8,9,10,11). The Morgan fingerprint density at radius 2 is 0.917 bits per heavy atom. The zero-order chi connectivity index (χ0) is 86.3. The highest BCUT2D eigenvalue weighted by molar-refractivity contribution is 5.84. The van der Waals surface area contributed by atoms with E-state index < -0.39 is 5.69 Å². The van der Waals surface area contributed by atoms with Crippen LogP contribution in [-0.4, -0.2) is 247 Å².